The highest BCUT2D eigenvalue weighted by Gasteiger charge is 2.50. The Morgan fingerprint density at radius 1 is 0.436 bits per heavy atom. The molecule has 0 radical (unpaired) electrons. The van der Waals surface area contributed by atoms with E-state index in [2.05, 4.69) is 125 Å². The molecule has 39 heavy (non-hydrogen) atoms. The third kappa shape index (κ3) is 2.74. The van der Waals surface area contributed by atoms with Gasteiger partial charge in [-0.15, -0.1) is 0 Å². The van der Waals surface area contributed by atoms with Gasteiger partial charge in [-0.05, 0) is 53.0 Å². The van der Waals surface area contributed by atoms with Gasteiger partial charge >= 0.3 is 6.98 Å². The Morgan fingerprint density at radius 2 is 0.872 bits per heavy atom. The maximum atomic E-state index is 6.71. The predicted octanol–water partition coefficient (Wildman–Crippen LogP) is 8.51. The summed E-state index contributed by atoms with van der Waals surface area (Å²) in [5.74, 6) is 1.69. The van der Waals surface area contributed by atoms with Gasteiger partial charge in [0.2, 0.25) is 0 Å². The monoisotopic (exact) mass is 500 g/mol. The second-order valence-corrected chi connectivity index (χ2v) is 10.1. The fourth-order valence-electron chi connectivity index (χ4n) is 6.49. The Labute approximate surface area is 225 Å². The van der Waals surface area contributed by atoms with Crippen molar-refractivity contribution in [2.45, 2.75) is 0 Å². The summed E-state index contributed by atoms with van der Waals surface area (Å²) in [5, 5.41) is 2.24. The zero-order chi connectivity index (χ0) is 25.5. The third-order valence-electron chi connectivity index (χ3n) is 8.05. The lowest BCUT2D eigenvalue weighted by atomic mass is 9.54. The van der Waals surface area contributed by atoms with Crippen LogP contribution in [-0.4, -0.2) is 6.98 Å². The summed E-state index contributed by atoms with van der Waals surface area (Å²) in [6.45, 7) is -0.220. The summed E-state index contributed by atoms with van der Waals surface area (Å²) in [7, 11) is 0. The van der Waals surface area contributed by atoms with Crippen LogP contribution in [0.3, 0.4) is 0 Å². The van der Waals surface area contributed by atoms with E-state index in [1.807, 2.05) is 12.1 Å². The van der Waals surface area contributed by atoms with Gasteiger partial charge in [0.1, 0.15) is 11.2 Å². The van der Waals surface area contributed by atoms with Crippen LogP contribution in [0.4, 0.5) is 23.1 Å². The van der Waals surface area contributed by atoms with Gasteiger partial charge in [0.05, 0.1) is 11.1 Å². The van der Waals surface area contributed by atoms with Crippen molar-refractivity contribution in [3.05, 3.63) is 127 Å². The quantitative estimate of drug-likeness (QED) is 0.223. The largest absolute Gasteiger partial charge is 0.441 e. The summed E-state index contributed by atoms with van der Waals surface area (Å²) in [4.78, 5) is 4.68. The molecule has 5 heteroatoms. The van der Waals surface area contributed by atoms with Crippen molar-refractivity contribution >= 4 is 57.5 Å². The SMILES string of the molecule is c1ccc(N2B3c4c(cccc4-c4c(oc5ccccc45)N3c3ccccc3)-c3c2oc2ccccc32)cc1. The fraction of sp³-hybridized carbons (Fsp3) is 0. The van der Waals surface area contributed by atoms with Gasteiger partial charge in [-0.3, -0.25) is 0 Å². The highest BCUT2D eigenvalue weighted by molar-refractivity contribution is 6.86. The van der Waals surface area contributed by atoms with E-state index in [0.29, 0.717) is 0 Å². The number of hydrogen-bond donors (Lipinski definition) is 0. The lowest BCUT2D eigenvalue weighted by Crippen LogP contribution is -2.61. The van der Waals surface area contributed by atoms with Crippen LogP contribution in [0.1, 0.15) is 0 Å². The Morgan fingerprint density at radius 3 is 1.36 bits per heavy atom. The highest BCUT2D eigenvalue weighted by atomic mass is 16.4. The Hall–Kier alpha value is -5.16. The molecule has 0 amide bonds. The van der Waals surface area contributed by atoms with Gasteiger partial charge in [0, 0.05) is 22.1 Å². The Balaban J connectivity index is 1.47. The first kappa shape index (κ1) is 20.9. The summed E-state index contributed by atoms with van der Waals surface area (Å²) in [6.07, 6.45) is 0. The molecule has 2 aliphatic rings. The molecule has 4 heterocycles. The number of rotatable bonds is 2. The second-order valence-electron chi connectivity index (χ2n) is 10.1. The first-order valence-electron chi connectivity index (χ1n) is 13.2. The molecule has 2 aliphatic heterocycles. The minimum atomic E-state index is -0.220. The lowest BCUT2D eigenvalue weighted by Gasteiger charge is -2.44. The van der Waals surface area contributed by atoms with Crippen molar-refractivity contribution in [1.82, 2.24) is 0 Å². The van der Waals surface area contributed by atoms with Gasteiger partial charge in [-0.1, -0.05) is 91.0 Å². The molecule has 4 nitrogen and oxygen atoms in total. The van der Waals surface area contributed by atoms with E-state index >= 15 is 0 Å². The summed E-state index contributed by atoms with van der Waals surface area (Å²) >= 11 is 0. The standard InChI is InChI=1S/C34H21BN2O2/c1-3-12-22(13-4-1)36-33-30(24-16-7-9-20-28(24)38-33)26-18-11-19-27-31-25-17-8-10-21-29(25)39-34(31)37(35(36)32(26)27)23-14-5-2-6-15-23/h1-21H. The number of fused-ring (bicyclic) bond motifs is 8. The molecule has 0 bridgehead atoms. The maximum absolute atomic E-state index is 6.71. The molecule has 9 rings (SSSR count). The van der Waals surface area contributed by atoms with E-state index in [1.165, 1.54) is 16.6 Å². The minimum Gasteiger partial charge on any atom is -0.441 e. The van der Waals surface area contributed by atoms with Gasteiger partial charge in [-0.25, -0.2) is 0 Å². The predicted molar refractivity (Wildman–Crippen MR) is 159 cm³/mol. The summed E-state index contributed by atoms with van der Waals surface area (Å²) < 4.78 is 13.4. The first-order chi connectivity index (χ1) is 19.4. The molecule has 182 valence electrons. The van der Waals surface area contributed by atoms with Crippen molar-refractivity contribution in [2.75, 3.05) is 9.62 Å². The molecule has 7 aromatic rings. The van der Waals surface area contributed by atoms with E-state index in [9.17, 15) is 0 Å². The molecule has 5 aromatic carbocycles. The van der Waals surface area contributed by atoms with Crippen LogP contribution in [-0.2, 0) is 0 Å². The van der Waals surface area contributed by atoms with Crippen molar-refractivity contribution < 1.29 is 8.83 Å². The zero-order valence-electron chi connectivity index (χ0n) is 20.9. The smallest absolute Gasteiger partial charge is 0.426 e. The van der Waals surface area contributed by atoms with Crippen LogP contribution in [0.5, 0.6) is 0 Å². The minimum absolute atomic E-state index is 0.220. The molecule has 0 atom stereocenters. The van der Waals surface area contributed by atoms with Gasteiger partial charge in [-0.2, -0.15) is 0 Å². The molecule has 0 unspecified atom stereocenters. The number of nitrogens with zero attached hydrogens (tertiary/aromatic N) is 2. The molecule has 2 aromatic heterocycles. The molecule has 0 N–H and O–H groups in total. The summed E-state index contributed by atoms with van der Waals surface area (Å²) in [5.41, 5.74) is 9.79. The van der Waals surface area contributed by atoms with Crippen LogP contribution >= 0.6 is 0 Å². The third-order valence-corrected chi connectivity index (χ3v) is 8.05. The molecule has 0 saturated carbocycles. The van der Waals surface area contributed by atoms with Crippen LogP contribution in [0.15, 0.2) is 136 Å². The van der Waals surface area contributed by atoms with Crippen LogP contribution in [0, 0.1) is 0 Å². The molecule has 0 saturated heterocycles. The maximum Gasteiger partial charge on any atom is 0.426 e. The number of para-hydroxylation sites is 4. The molecule has 0 fully saturated rings. The van der Waals surface area contributed by atoms with Crippen molar-refractivity contribution in [3.63, 3.8) is 0 Å². The van der Waals surface area contributed by atoms with E-state index in [-0.39, 0.29) is 6.98 Å². The van der Waals surface area contributed by atoms with E-state index < -0.39 is 0 Å². The van der Waals surface area contributed by atoms with E-state index in [4.69, 9.17) is 8.83 Å². The molecule has 0 aliphatic carbocycles. The lowest BCUT2D eigenvalue weighted by molar-refractivity contribution is 0.618. The average Bonchev–Trinajstić information content (AvgIpc) is 3.57. The van der Waals surface area contributed by atoms with Gasteiger partial charge < -0.3 is 18.5 Å². The second kappa shape index (κ2) is 7.68. The van der Waals surface area contributed by atoms with E-state index in [0.717, 1.165) is 56.2 Å². The number of hydrogen-bond acceptors (Lipinski definition) is 4. The average molecular weight is 500 g/mol. The van der Waals surface area contributed by atoms with Crippen molar-refractivity contribution in [3.8, 4) is 22.3 Å². The first-order valence-corrected chi connectivity index (χ1v) is 13.2. The van der Waals surface area contributed by atoms with Gasteiger partial charge in [0.15, 0.2) is 11.8 Å². The highest BCUT2D eigenvalue weighted by Crippen LogP contribution is 2.53. The normalized spacial score (nSPS) is 13.5. The molecular weight excluding hydrogens is 479 g/mol. The van der Waals surface area contributed by atoms with E-state index in [1.54, 1.807) is 0 Å². The zero-order valence-corrected chi connectivity index (χ0v) is 20.9. The summed E-state index contributed by atoms with van der Waals surface area (Å²) in [6, 6.07) is 44.4. The molecular formula is C34H21BN2O2. The number of benzene rings is 5. The van der Waals surface area contributed by atoms with Crippen molar-refractivity contribution in [1.29, 1.82) is 0 Å². The van der Waals surface area contributed by atoms with Crippen LogP contribution < -0.4 is 15.1 Å². The van der Waals surface area contributed by atoms with Gasteiger partial charge in [0.25, 0.3) is 0 Å². The van der Waals surface area contributed by atoms with Crippen LogP contribution in [0.2, 0.25) is 0 Å². The number of furan rings is 2. The Kier molecular flexibility index (Phi) is 4.11. The topological polar surface area (TPSA) is 32.8 Å². The Bertz CT molecular complexity index is 1900. The fourth-order valence-corrected chi connectivity index (χ4v) is 6.49. The van der Waals surface area contributed by atoms with Crippen molar-refractivity contribution in [2.24, 2.45) is 0 Å². The molecule has 0 spiro atoms. The number of anilines is 4. The van der Waals surface area contributed by atoms with Crippen LogP contribution in [0.25, 0.3) is 44.2 Å².